The zero-order valence-electron chi connectivity index (χ0n) is 10.1. The first-order valence-corrected chi connectivity index (χ1v) is 6.48. The van der Waals surface area contributed by atoms with Gasteiger partial charge in [0.05, 0.1) is 12.7 Å². The van der Waals surface area contributed by atoms with Crippen molar-refractivity contribution in [3.05, 3.63) is 17.0 Å². The molecule has 0 radical (unpaired) electrons. The van der Waals surface area contributed by atoms with Gasteiger partial charge in [-0.25, -0.2) is 9.97 Å². The average Bonchev–Trinajstić information content (AvgIpc) is 2.82. The zero-order valence-corrected chi connectivity index (χ0v) is 10.8. The molecule has 1 aromatic rings. The highest BCUT2D eigenvalue weighted by molar-refractivity contribution is 6.28. The molecule has 0 bridgehead atoms. The molecule has 17 heavy (non-hydrogen) atoms. The lowest BCUT2D eigenvalue weighted by atomic mass is 10.3. The first-order chi connectivity index (χ1) is 8.25. The summed E-state index contributed by atoms with van der Waals surface area (Å²) in [5.74, 6) is 0.792. The van der Waals surface area contributed by atoms with Crippen LogP contribution in [0.1, 0.15) is 31.2 Å². The van der Waals surface area contributed by atoms with Crippen molar-refractivity contribution < 1.29 is 4.74 Å². The van der Waals surface area contributed by atoms with Crippen LogP contribution in [0.2, 0.25) is 5.28 Å². The van der Waals surface area contributed by atoms with Crippen molar-refractivity contribution in [2.45, 2.75) is 38.7 Å². The topological polar surface area (TPSA) is 47.0 Å². The minimum Gasteiger partial charge on any atom is -0.376 e. The van der Waals surface area contributed by atoms with Crippen molar-refractivity contribution in [1.29, 1.82) is 0 Å². The van der Waals surface area contributed by atoms with E-state index in [0.29, 0.717) is 12.7 Å². The largest absolute Gasteiger partial charge is 0.376 e. The van der Waals surface area contributed by atoms with Gasteiger partial charge >= 0.3 is 0 Å². The van der Waals surface area contributed by atoms with Crippen LogP contribution in [0.25, 0.3) is 0 Å². The molecule has 1 saturated carbocycles. The molecular weight excluding hydrogens is 238 g/mol. The lowest BCUT2D eigenvalue weighted by Crippen LogP contribution is -2.16. The van der Waals surface area contributed by atoms with Crippen LogP contribution in [0, 0.1) is 6.92 Å². The van der Waals surface area contributed by atoms with Crippen LogP contribution in [-0.2, 0) is 4.74 Å². The number of nitrogens with one attached hydrogen (secondary N) is 1. The van der Waals surface area contributed by atoms with Gasteiger partial charge in [-0.3, -0.25) is 0 Å². The second-order valence-electron chi connectivity index (χ2n) is 4.37. The number of anilines is 1. The summed E-state index contributed by atoms with van der Waals surface area (Å²) in [5, 5.41) is 3.49. The van der Waals surface area contributed by atoms with E-state index in [4.69, 9.17) is 16.3 Å². The lowest BCUT2D eigenvalue weighted by molar-refractivity contribution is 0.0658. The van der Waals surface area contributed by atoms with E-state index in [9.17, 15) is 0 Å². The van der Waals surface area contributed by atoms with E-state index < -0.39 is 0 Å². The van der Waals surface area contributed by atoms with Crippen LogP contribution in [0.15, 0.2) is 6.20 Å². The molecule has 4 nitrogen and oxygen atoms in total. The number of rotatable bonds is 5. The van der Waals surface area contributed by atoms with E-state index >= 15 is 0 Å². The maximum atomic E-state index is 5.76. The van der Waals surface area contributed by atoms with Crippen LogP contribution in [0.5, 0.6) is 0 Å². The van der Waals surface area contributed by atoms with Crippen molar-refractivity contribution >= 4 is 17.4 Å². The van der Waals surface area contributed by atoms with Gasteiger partial charge < -0.3 is 10.1 Å². The summed E-state index contributed by atoms with van der Waals surface area (Å²) in [6.07, 6.45) is 7.20. The molecule has 1 heterocycles. The maximum absolute atomic E-state index is 5.76. The molecule has 1 N–H and O–H groups in total. The first-order valence-electron chi connectivity index (χ1n) is 6.10. The van der Waals surface area contributed by atoms with Crippen molar-refractivity contribution in [2.75, 3.05) is 18.5 Å². The summed E-state index contributed by atoms with van der Waals surface area (Å²) >= 11 is 5.74. The SMILES string of the molecule is Cc1cnc(Cl)nc1NCCOC1CCCC1. The van der Waals surface area contributed by atoms with Crippen molar-refractivity contribution in [3.63, 3.8) is 0 Å². The fourth-order valence-electron chi connectivity index (χ4n) is 2.05. The van der Waals surface area contributed by atoms with E-state index in [1.165, 1.54) is 25.7 Å². The van der Waals surface area contributed by atoms with Gasteiger partial charge in [-0.05, 0) is 31.4 Å². The number of hydrogen-bond acceptors (Lipinski definition) is 4. The fraction of sp³-hybridized carbons (Fsp3) is 0.667. The van der Waals surface area contributed by atoms with Gasteiger partial charge in [-0.1, -0.05) is 12.8 Å². The third-order valence-corrected chi connectivity index (χ3v) is 3.17. The standard InChI is InChI=1S/C12H18ClN3O/c1-9-8-15-12(13)16-11(9)14-6-7-17-10-4-2-3-5-10/h8,10H,2-7H2,1H3,(H,14,15,16). The van der Waals surface area contributed by atoms with Gasteiger partial charge in [0, 0.05) is 18.3 Å². The Morgan fingerprint density at radius 2 is 2.24 bits per heavy atom. The molecule has 0 atom stereocenters. The van der Waals surface area contributed by atoms with Crippen LogP contribution < -0.4 is 5.32 Å². The predicted octanol–water partition coefficient (Wildman–Crippen LogP) is 2.81. The monoisotopic (exact) mass is 255 g/mol. The Kier molecular flexibility index (Phi) is 4.57. The van der Waals surface area contributed by atoms with Crippen molar-refractivity contribution in [1.82, 2.24) is 9.97 Å². The van der Waals surface area contributed by atoms with Gasteiger partial charge in [0.1, 0.15) is 5.82 Å². The number of hydrogen-bond donors (Lipinski definition) is 1. The van der Waals surface area contributed by atoms with Crippen LogP contribution in [-0.4, -0.2) is 29.2 Å². The molecule has 0 saturated heterocycles. The number of aromatic nitrogens is 2. The molecule has 0 unspecified atom stereocenters. The molecule has 0 spiro atoms. The zero-order chi connectivity index (χ0) is 12.1. The Morgan fingerprint density at radius 1 is 1.47 bits per heavy atom. The molecule has 5 heteroatoms. The molecule has 1 aliphatic carbocycles. The van der Waals surface area contributed by atoms with Gasteiger partial charge in [0.15, 0.2) is 0 Å². The van der Waals surface area contributed by atoms with Crippen LogP contribution >= 0.6 is 11.6 Å². The molecule has 94 valence electrons. The van der Waals surface area contributed by atoms with Crippen LogP contribution in [0.3, 0.4) is 0 Å². The van der Waals surface area contributed by atoms with E-state index in [-0.39, 0.29) is 5.28 Å². The number of nitrogens with zero attached hydrogens (tertiary/aromatic N) is 2. The molecule has 2 rings (SSSR count). The normalized spacial score (nSPS) is 16.4. The Hall–Kier alpha value is -0.870. The number of aryl methyl sites for hydroxylation is 1. The van der Waals surface area contributed by atoms with Crippen molar-refractivity contribution in [3.8, 4) is 0 Å². The molecule has 0 aromatic carbocycles. The maximum Gasteiger partial charge on any atom is 0.224 e. The first kappa shape index (κ1) is 12.6. The van der Waals surface area contributed by atoms with Gasteiger partial charge in [0.25, 0.3) is 0 Å². The third-order valence-electron chi connectivity index (χ3n) is 2.99. The van der Waals surface area contributed by atoms with E-state index in [1.807, 2.05) is 6.92 Å². The number of ether oxygens (including phenoxy) is 1. The molecule has 1 aliphatic rings. The Balaban J connectivity index is 1.72. The molecule has 1 aromatic heterocycles. The third kappa shape index (κ3) is 3.82. The molecule has 0 aliphatic heterocycles. The molecule has 1 fully saturated rings. The highest BCUT2D eigenvalue weighted by Crippen LogP contribution is 2.20. The fourth-order valence-corrected chi connectivity index (χ4v) is 2.18. The molecule has 0 amide bonds. The smallest absolute Gasteiger partial charge is 0.224 e. The molecular formula is C12H18ClN3O. The average molecular weight is 256 g/mol. The second-order valence-corrected chi connectivity index (χ2v) is 4.71. The van der Waals surface area contributed by atoms with E-state index in [2.05, 4.69) is 15.3 Å². The summed E-state index contributed by atoms with van der Waals surface area (Å²) in [7, 11) is 0. The van der Waals surface area contributed by atoms with Gasteiger partial charge in [0.2, 0.25) is 5.28 Å². The Morgan fingerprint density at radius 3 is 3.00 bits per heavy atom. The van der Waals surface area contributed by atoms with E-state index in [0.717, 1.165) is 17.9 Å². The lowest BCUT2D eigenvalue weighted by Gasteiger charge is -2.12. The quantitative estimate of drug-likeness (QED) is 0.649. The summed E-state index contributed by atoms with van der Waals surface area (Å²) in [5.41, 5.74) is 0.996. The van der Waals surface area contributed by atoms with Crippen molar-refractivity contribution in [2.24, 2.45) is 0 Å². The summed E-state index contributed by atoms with van der Waals surface area (Å²) in [6, 6.07) is 0. The van der Waals surface area contributed by atoms with Crippen LogP contribution in [0.4, 0.5) is 5.82 Å². The highest BCUT2D eigenvalue weighted by Gasteiger charge is 2.14. The summed E-state index contributed by atoms with van der Waals surface area (Å²) in [6.45, 7) is 3.42. The Labute approximate surface area is 107 Å². The highest BCUT2D eigenvalue weighted by atomic mass is 35.5. The minimum absolute atomic E-state index is 0.273. The van der Waals surface area contributed by atoms with Gasteiger partial charge in [-0.2, -0.15) is 0 Å². The summed E-state index contributed by atoms with van der Waals surface area (Å²) < 4.78 is 5.76. The number of halogens is 1. The van der Waals surface area contributed by atoms with Gasteiger partial charge in [-0.15, -0.1) is 0 Å². The summed E-state index contributed by atoms with van der Waals surface area (Å²) in [4.78, 5) is 8.04. The minimum atomic E-state index is 0.273. The second kappa shape index (κ2) is 6.17. The Bertz CT molecular complexity index is 367. The van der Waals surface area contributed by atoms with E-state index in [1.54, 1.807) is 6.20 Å². The predicted molar refractivity (Wildman–Crippen MR) is 68.5 cm³/mol.